The van der Waals surface area contributed by atoms with Crippen LogP contribution in [0.2, 0.25) is 0 Å². The Bertz CT molecular complexity index is 304. The van der Waals surface area contributed by atoms with Gasteiger partial charge in [-0.1, -0.05) is 18.2 Å². The van der Waals surface area contributed by atoms with Crippen LogP contribution in [0.15, 0.2) is 28.5 Å². The molecule has 70 valence electrons. The normalized spacial score (nSPS) is 37.6. The first-order valence-electron chi connectivity index (χ1n) is 4.57. The van der Waals surface area contributed by atoms with Crippen molar-refractivity contribution in [2.75, 3.05) is 0 Å². The second kappa shape index (κ2) is 3.18. The summed E-state index contributed by atoms with van der Waals surface area (Å²) in [6.07, 6.45) is 5.36. The Kier molecular flexibility index (Phi) is 2.16. The highest BCUT2D eigenvalue weighted by atomic mass is 35.5. The fourth-order valence-corrected chi connectivity index (χ4v) is 2.56. The summed E-state index contributed by atoms with van der Waals surface area (Å²) in [6, 6.07) is 0. The minimum absolute atomic E-state index is 0.363. The Morgan fingerprint density at radius 3 is 2.85 bits per heavy atom. The topological polar surface area (TPSA) is 38.4 Å². The number of hydrogen-bond donors (Lipinski definition) is 1. The average Bonchev–Trinajstić information content (AvgIpc) is 2.62. The van der Waals surface area contributed by atoms with Crippen molar-refractivity contribution < 1.29 is 0 Å². The minimum Gasteiger partial charge on any atom is -0.404 e. The first kappa shape index (κ1) is 8.82. The van der Waals surface area contributed by atoms with E-state index in [0.717, 1.165) is 5.71 Å². The van der Waals surface area contributed by atoms with Gasteiger partial charge >= 0.3 is 0 Å². The molecular weight excluding hydrogens is 184 g/mol. The van der Waals surface area contributed by atoms with Crippen LogP contribution in [0.5, 0.6) is 0 Å². The van der Waals surface area contributed by atoms with Crippen LogP contribution in [0.4, 0.5) is 0 Å². The van der Waals surface area contributed by atoms with Crippen LogP contribution in [0.25, 0.3) is 0 Å². The van der Waals surface area contributed by atoms with Gasteiger partial charge in [-0.3, -0.25) is 0 Å². The molecule has 2 unspecified atom stereocenters. The van der Waals surface area contributed by atoms with Crippen molar-refractivity contribution in [1.29, 1.82) is 0 Å². The van der Waals surface area contributed by atoms with Crippen molar-refractivity contribution in [3.63, 3.8) is 0 Å². The highest BCUT2D eigenvalue weighted by molar-refractivity contribution is 6.30. The molecule has 2 rings (SSSR count). The molecule has 2 aliphatic rings. The first-order chi connectivity index (χ1) is 6.22. The number of fused-ring (bicyclic) bond motifs is 2. The molecule has 3 heteroatoms. The van der Waals surface area contributed by atoms with Gasteiger partial charge in [0.1, 0.15) is 5.16 Å². The van der Waals surface area contributed by atoms with E-state index < -0.39 is 0 Å². The molecule has 0 amide bonds. The van der Waals surface area contributed by atoms with Crippen molar-refractivity contribution in [2.24, 2.45) is 22.6 Å². The van der Waals surface area contributed by atoms with E-state index in [1.54, 1.807) is 6.20 Å². The maximum Gasteiger partial charge on any atom is 0.122 e. The summed E-state index contributed by atoms with van der Waals surface area (Å²) in [7, 11) is 0. The predicted molar refractivity (Wildman–Crippen MR) is 55.5 cm³/mol. The lowest BCUT2D eigenvalue weighted by molar-refractivity contribution is 0.678. The molecule has 2 fully saturated rings. The highest BCUT2D eigenvalue weighted by Gasteiger charge is 2.40. The quantitative estimate of drug-likeness (QED) is 0.643. The van der Waals surface area contributed by atoms with Crippen molar-refractivity contribution in [1.82, 2.24) is 0 Å². The van der Waals surface area contributed by atoms with Crippen LogP contribution in [0.1, 0.15) is 19.3 Å². The number of aliphatic imine (C=N–C) groups is 1. The third kappa shape index (κ3) is 1.39. The number of nitrogens with zero attached hydrogens (tertiary/aromatic N) is 1. The van der Waals surface area contributed by atoms with E-state index >= 15 is 0 Å². The first-order valence-corrected chi connectivity index (χ1v) is 4.95. The monoisotopic (exact) mass is 196 g/mol. The SMILES string of the molecule is C=C(Cl)/N=C1\C(=C/N)C2CCC1C2. The maximum atomic E-state index is 5.67. The maximum absolute atomic E-state index is 5.67. The molecule has 2 aliphatic carbocycles. The van der Waals surface area contributed by atoms with Gasteiger partial charge in [-0.15, -0.1) is 0 Å². The minimum atomic E-state index is 0.363. The van der Waals surface area contributed by atoms with Gasteiger partial charge in [-0.25, -0.2) is 4.99 Å². The second-order valence-corrected chi connectivity index (χ2v) is 4.14. The molecule has 2 nitrogen and oxygen atoms in total. The van der Waals surface area contributed by atoms with Crippen molar-refractivity contribution >= 4 is 17.3 Å². The van der Waals surface area contributed by atoms with Crippen LogP contribution in [0.3, 0.4) is 0 Å². The van der Waals surface area contributed by atoms with Crippen LogP contribution >= 0.6 is 11.6 Å². The average molecular weight is 197 g/mol. The zero-order valence-corrected chi connectivity index (χ0v) is 8.22. The Hall–Kier alpha value is -0.760. The van der Waals surface area contributed by atoms with E-state index in [0.29, 0.717) is 17.0 Å². The van der Waals surface area contributed by atoms with E-state index in [4.69, 9.17) is 17.3 Å². The van der Waals surface area contributed by atoms with Gasteiger partial charge in [-0.2, -0.15) is 0 Å². The van der Waals surface area contributed by atoms with Gasteiger partial charge in [0.15, 0.2) is 0 Å². The fraction of sp³-hybridized carbons (Fsp3) is 0.500. The highest BCUT2D eigenvalue weighted by Crippen LogP contribution is 2.46. The van der Waals surface area contributed by atoms with Crippen molar-refractivity contribution in [3.8, 4) is 0 Å². The molecule has 0 radical (unpaired) electrons. The lowest BCUT2D eigenvalue weighted by Crippen LogP contribution is -2.14. The molecule has 2 saturated carbocycles. The van der Waals surface area contributed by atoms with Crippen LogP contribution < -0.4 is 5.73 Å². The predicted octanol–water partition coefficient (Wildman–Crippen LogP) is 2.41. The van der Waals surface area contributed by atoms with E-state index in [1.807, 2.05) is 0 Å². The molecular formula is C10H13ClN2. The van der Waals surface area contributed by atoms with E-state index in [9.17, 15) is 0 Å². The molecule has 0 aromatic heterocycles. The number of halogens is 1. The van der Waals surface area contributed by atoms with Gasteiger partial charge in [0, 0.05) is 5.92 Å². The standard InChI is InChI=1S/C10H13ClN2/c1-6(11)13-10-8-3-2-7(4-8)9(10)5-12/h5,7-8H,1-4,12H2/b9-5-,13-10-. The molecule has 0 spiro atoms. The molecule has 2 atom stereocenters. The van der Waals surface area contributed by atoms with Crippen LogP contribution in [-0.4, -0.2) is 5.71 Å². The summed E-state index contributed by atoms with van der Waals surface area (Å²) in [5.74, 6) is 1.21. The van der Waals surface area contributed by atoms with Crippen LogP contribution in [0, 0.1) is 11.8 Å². The fourth-order valence-electron chi connectivity index (χ4n) is 2.47. The van der Waals surface area contributed by atoms with Crippen LogP contribution in [-0.2, 0) is 0 Å². The Morgan fingerprint density at radius 1 is 1.54 bits per heavy atom. The number of allylic oxidation sites excluding steroid dienone is 1. The summed E-state index contributed by atoms with van der Waals surface area (Å²) in [5.41, 5.74) is 7.85. The summed E-state index contributed by atoms with van der Waals surface area (Å²) < 4.78 is 0. The lowest BCUT2D eigenvalue weighted by atomic mass is 9.93. The third-order valence-electron chi connectivity index (χ3n) is 2.98. The van der Waals surface area contributed by atoms with Gasteiger partial charge in [-0.05, 0) is 37.0 Å². The number of nitrogens with two attached hydrogens (primary N) is 1. The van der Waals surface area contributed by atoms with Gasteiger partial charge in [0.25, 0.3) is 0 Å². The molecule has 0 heterocycles. The molecule has 0 aliphatic heterocycles. The number of rotatable bonds is 1. The summed E-state index contributed by atoms with van der Waals surface area (Å²) in [5, 5.41) is 0.363. The summed E-state index contributed by atoms with van der Waals surface area (Å²) in [6.45, 7) is 3.58. The van der Waals surface area contributed by atoms with Gasteiger partial charge in [0.05, 0.1) is 5.71 Å². The Balaban J connectivity index is 2.33. The summed E-state index contributed by atoms with van der Waals surface area (Å²) >= 11 is 5.67. The van der Waals surface area contributed by atoms with Gasteiger partial charge < -0.3 is 5.73 Å². The molecule has 2 bridgehead atoms. The molecule has 0 aromatic carbocycles. The molecule has 0 aromatic rings. The zero-order chi connectivity index (χ0) is 9.42. The molecule has 0 saturated heterocycles. The largest absolute Gasteiger partial charge is 0.404 e. The Labute approximate surface area is 83.2 Å². The Morgan fingerprint density at radius 2 is 2.23 bits per heavy atom. The second-order valence-electron chi connectivity index (χ2n) is 3.70. The lowest BCUT2D eigenvalue weighted by Gasteiger charge is -2.15. The summed E-state index contributed by atoms with van der Waals surface area (Å²) in [4.78, 5) is 4.25. The van der Waals surface area contributed by atoms with E-state index in [2.05, 4.69) is 11.6 Å². The van der Waals surface area contributed by atoms with Gasteiger partial charge in [0.2, 0.25) is 0 Å². The van der Waals surface area contributed by atoms with Crippen molar-refractivity contribution in [2.45, 2.75) is 19.3 Å². The van der Waals surface area contributed by atoms with E-state index in [1.165, 1.54) is 24.8 Å². The zero-order valence-electron chi connectivity index (χ0n) is 7.46. The van der Waals surface area contributed by atoms with Crippen molar-refractivity contribution in [3.05, 3.63) is 23.5 Å². The molecule has 13 heavy (non-hydrogen) atoms. The third-order valence-corrected chi connectivity index (χ3v) is 3.06. The number of hydrogen-bond acceptors (Lipinski definition) is 2. The smallest absolute Gasteiger partial charge is 0.122 e. The molecule has 2 N–H and O–H groups in total. The van der Waals surface area contributed by atoms with E-state index in [-0.39, 0.29) is 0 Å².